The Balaban J connectivity index is 0.00000280. The minimum Gasteiger partial charge on any atom is -0.469 e. The van der Waals surface area contributed by atoms with Crippen molar-refractivity contribution >= 4 is 41.3 Å². The fraction of sp³-hybridized carbons (Fsp3) is 0.571. The molecule has 156 valence electrons. The van der Waals surface area contributed by atoms with E-state index in [9.17, 15) is 0 Å². The molecule has 0 aliphatic carbocycles. The van der Waals surface area contributed by atoms with E-state index in [1.807, 2.05) is 12.1 Å². The number of guanidine groups is 1. The lowest BCUT2D eigenvalue weighted by Gasteiger charge is -2.41. The first-order chi connectivity index (χ1) is 13.1. The zero-order chi connectivity index (χ0) is 19.0. The normalized spacial score (nSPS) is 15.9. The maximum absolute atomic E-state index is 5.42. The Labute approximate surface area is 190 Å². The number of hydrogen-bond donors (Lipinski definition) is 2. The van der Waals surface area contributed by atoms with E-state index >= 15 is 0 Å². The summed E-state index contributed by atoms with van der Waals surface area (Å²) in [7, 11) is 0. The first kappa shape index (κ1) is 23.2. The van der Waals surface area contributed by atoms with Crippen LogP contribution in [-0.4, -0.2) is 42.6 Å². The van der Waals surface area contributed by atoms with Crippen LogP contribution < -0.4 is 10.6 Å². The lowest BCUT2D eigenvalue weighted by Crippen LogP contribution is -2.55. The third kappa shape index (κ3) is 7.40. The number of nitrogens with zero attached hydrogens (tertiary/aromatic N) is 2. The van der Waals surface area contributed by atoms with Gasteiger partial charge in [0.05, 0.1) is 12.8 Å². The number of nitrogens with one attached hydrogen (secondary N) is 2. The number of rotatable bonds is 8. The molecule has 0 radical (unpaired) electrons. The lowest BCUT2D eigenvalue weighted by molar-refractivity contribution is 0.0982. The Bertz CT molecular complexity index is 679. The third-order valence-electron chi connectivity index (χ3n) is 5.12. The van der Waals surface area contributed by atoms with Gasteiger partial charge < -0.3 is 15.1 Å². The van der Waals surface area contributed by atoms with E-state index in [0.717, 1.165) is 31.2 Å². The molecule has 1 aliphatic heterocycles. The molecule has 0 spiro atoms. The molecule has 7 heteroatoms. The SMILES string of the molecule is CC(C)(CNC(=NCc1cccs1)NCCc1ccco1)N1CCCCC1.I. The van der Waals surface area contributed by atoms with Crippen molar-refractivity contribution in [3.05, 3.63) is 46.5 Å². The third-order valence-corrected chi connectivity index (χ3v) is 5.98. The molecule has 0 amide bonds. The van der Waals surface area contributed by atoms with E-state index in [1.165, 1.54) is 37.2 Å². The van der Waals surface area contributed by atoms with E-state index in [-0.39, 0.29) is 29.5 Å². The van der Waals surface area contributed by atoms with Gasteiger partial charge in [-0.1, -0.05) is 12.5 Å². The van der Waals surface area contributed by atoms with Gasteiger partial charge in [-0.05, 0) is 63.4 Å². The van der Waals surface area contributed by atoms with Crippen LogP contribution in [-0.2, 0) is 13.0 Å². The molecule has 0 unspecified atom stereocenters. The average Bonchev–Trinajstić information content (AvgIpc) is 3.38. The van der Waals surface area contributed by atoms with Crippen LogP contribution in [0.3, 0.4) is 0 Å². The Morgan fingerprint density at radius 1 is 1.18 bits per heavy atom. The van der Waals surface area contributed by atoms with Crippen LogP contribution >= 0.6 is 35.3 Å². The maximum Gasteiger partial charge on any atom is 0.191 e. The highest BCUT2D eigenvalue weighted by atomic mass is 127. The molecule has 0 bridgehead atoms. The number of likely N-dealkylation sites (tertiary alicyclic amines) is 1. The van der Waals surface area contributed by atoms with Gasteiger partial charge in [0, 0.05) is 29.9 Å². The Kier molecular flexibility index (Phi) is 9.81. The van der Waals surface area contributed by atoms with Crippen LogP contribution in [0.25, 0.3) is 0 Å². The van der Waals surface area contributed by atoms with E-state index in [0.29, 0.717) is 6.54 Å². The van der Waals surface area contributed by atoms with Crippen LogP contribution in [0.2, 0.25) is 0 Å². The Hall–Kier alpha value is -1.06. The fourth-order valence-electron chi connectivity index (χ4n) is 3.40. The number of piperidine rings is 1. The molecule has 1 fully saturated rings. The van der Waals surface area contributed by atoms with Crippen molar-refractivity contribution in [2.75, 3.05) is 26.2 Å². The second-order valence-electron chi connectivity index (χ2n) is 7.71. The van der Waals surface area contributed by atoms with Crippen molar-refractivity contribution in [2.24, 2.45) is 4.99 Å². The van der Waals surface area contributed by atoms with E-state index in [2.05, 4.69) is 46.9 Å². The van der Waals surface area contributed by atoms with Crippen molar-refractivity contribution in [1.29, 1.82) is 0 Å². The van der Waals surface area contributed by atoms with Crippen molar-refractivity contribution in [3.8, 4) is 0 Å². The van der Waals surface area contributed by atoms with Gasteiger partial charge in [-0.15, -0.1) is 35.3 Å². The van der Waals surface area contributed by atoms with Gasteiger partial charge in [-0.2, -0.15) is 0 Å². The highest BCUT2D eigenvalue weighted by Gasteiger charge is 2.27. The molecule has 2 aromatic rings. The van der Waals surface area contributed by atoms with Crippen LogP contribution in [0, 0.1) is 0 Å². The molecule has 1 saturated heterocycles. The van der Waals surface area contributed by atoms with Crippen molar-refractivity contribution in [1.82, 2.24) is 15.5 Å². The molecular formula is C21H33IN4OS. The van der Waals surface area contributed by atoms with Gasteiger partial charge in [-0.3, -0.25) is 4.90 Å². The summed E-state index contributed by atoms with van der Waals surface area (Å²) in [6, 6.07) is 8.15. The molecule has 0 atom stereocenters. The first-order valence-electron chi connectivity index (χ1n) is 9.95. The molecule has 28 heavy (non-hydrogen) atoms. The van der Waals surface area contributed by atoms with E-state index in [4.69, 9.17) is 9.41 Å². The quantitative estimate of drug-likeness (QED) is 0.308. The largest absolute Gasteiger partial charge is 0.469 e. The van der Waals surface area contributed by atoms with Gasteiger partial charge in [0.15, 0.2) is 5.96 Å². The summed E-state index contributed by atoms with van der Waals surface area (Å²) in [5.41, 5.74) is 0.118. The maximum atomic E-state index is 5.42. The number of thiophene rings is 1. The Morgan fingerprint density at radius 2 is 2.00 bits per heavy atom. The van der Waals surface area contributed by atoms with Crippen LogP contribution in [0.1, 0.15) is 43.7 Å². The first-order valence-corrected chi connectivity index (χ1v) is 10.8. The van der Waals surface area contributed by atoms with Crippen LogP contribution in [0.5, 0.6) is 0 Å². The van der Waals surface area contributed by atoms with Crippen molar-refractivity contribution < 1.29 is 4.42 Å². The highest BCUT2D eigenvalue weighted by molar-refractivity contribution is 14.0. The smallest absolute Gasteiger partial charge is 0.191 e. The minimum atomic E-state index is 0. The minimum absolute atomic E-state index is 0. The fourth-order valence-corrected chi connectivity index (χ4v) is 4.03. The summed E-state index contributed by atoms with van der Waals surface area (Å²) in [4.78, 5) is 8.66. The average molecular weight is 516 g/mol. The molecule has 3 rings (SSSR count). The number of hydrogen-bond acceptors (Lipinski definition) is 4. The molecule has 1 aliphatic rings. The summed E-state index contributed by atoms with van der Waals surface area (Å²) < 4.78 is 5.42. The zero-order valence-corrected chi connectivity index (χ0v) is 20.1. The molecule has 3 heterocycles. The van der Waals surface area contributed by atoms with Crippen LogP contribution in [0.15, 0.2) is 45.3 Å². The Morgan fingerprint density at radius 3 is 2.68 bits per heavy atom. The number of halogens is 1. The molecular weight excluding hydrogens is 483 g/mol. The second kappa shape index (κ2) is 11.8. The van der Waals surface area contributed by atoms with Gasteiger partial charge in [0.2, 0.25) is 0 Å². The van der Waals surface area contributed by atoms with Crippen molar-refractivity contribution in [2.45, 2.75) is 51.6 Å². The summed E-state index contributed by atoms with van der Waals surface area (Å²) in [5.74, 6) is 1.87. The van der Waals surface area contributed by atoms with Gasteiger partial charge in [0.1, 0.15) is 5.76 Å². The standard InChI is InChI=1S/C21H32N4OS.HI/c1-21(2,25-12-4-3-5-13-25)17-24-20(23-16-19-9-7-15-27-19)22-11-10-18-8-6-14-26-18;/h6-9,14-15H,3-5,10-13,16-17H2,1-2H3,(H2,22,23,24);1H. The van der Waals surface area contributed by atoms with Gasteiger partial charge in [0.25, 0.3) is 0 Å². The molecule has 2 aromatic heterocycles. The summed E-state index contributed by atoms with van der Waals surface area (Å²) in [6.07, 6.45) is 6.55. The van der Waals surface area contributed by atoms with E-state index < -0.39 is 0 Å². The lowest BCUT2D eigenvalue weighted by atomic mass is 9.98. The summed E-state index contributed by atoms with van der Waals surface area (Å²) in [6.45, 7) is 9.43. The predicted molar refractivity (Wildman–Crippen MR) is 129 cm³/mol. The molecule has 0 saturated carbocycles. The second-order valence-corrected chi connectivity index (χ2v) is 8.75. The molecule has 2 N–H and O–H groups in total. The zero-order valence-electron chi connectivity index (χ0n) is 16.9. The summed E-state index contributed by atoms with van der Waals surface area (Å²) >= 11 is 1.75. The topological polar surface area (TPSA) is 52.8 Å². The molecule has 0 aromatic carbocycles. The van der Waals surface area contributed by atoms with Gasteiger partial charge in [-0.25, -0.2) is 4.99 Å². The summed E-state index contributed by atoms with van der Waals surface area (Å²) in [5, 5.41) is 9.13. The predicted octanol–water partition coefficient (Wildman–Crippen LogP) is 4.50. The van der Waals surface area contributed by atoms with Crippen molar-refractivity contribution in [3.63, 3.8) is 0 Å². The van der Waals surface area contributed by atoms with Gasteiger partial charge >= 0.3 is 0 Å². The number of aliphatic imine (C=N–C) groups is 1. The molecule has 5 nitrogen and oxygen atoms in total. The highest BCUT2D eigenvalue weighted by Crippen LogP contribution is 2.19. The van der Waals surface area contributed by atoms with Crippen LogP contribution in [0.4, 0.5) is 0 Å². The number of furan rings is 1. The monoisotopic (exact) mass is 516 g/mol. The van der Waals surface area contributed by atoms with E-state index in [1.54, 1.807) is 17.6 Å².